The Hall–Kier alpha value is -2.17. The fraction of sp³-hybridized carbons (Fsp3) is 0.565. The van der Waals surface area contributed by atoms with Gasteiger partial charge in [0.05, 0.1) is 12.1 Å². The molecule has 5 heteroatoms. The Bertz CT molecular complexity index is 921. The van der Waals surface area contributed by atoms with Gasteiger partial charge in [0.25, 0.3) is 0 Å². The molecule has 28 heavy (non-hydrogen) atoms. The summed E-state index contributed by atoms with van der Waals surface area (Å²) < 4.78 is 15.8. The summed E-state index contributed by atoms with van der Waals surface area (Å²) in [5.74, 6) is 3.06. The van der Waals surface area contributed by atoms with E-state index in [0.717, 1.165) is 41.1 Å². The summed E-state index contributed by atoms with van der Waals surface area (Å²) in [6.07, 6.45) is 6.91. The quantitative estimate of drug-likeness (QED) is 0.866. The molecule has 1 N–H and O–H groups in total. The van der Waals surface area contributed by atoms with Crippen molar-refractivity contribution in [2.24, 2.45) is 23.7 Å². The topological polar surface area (TPSA) is 46.9 Å². The van der Waals surface area contributed by atoms with Crippen LogP contribution in [-0.2, 0) is 11.2 Å². The van der Waals surface area contributed by atoms with Crippen LogP contribution in [0.2, 0.25) is 0 Å². The van der Waals surface area contributed by atoms with Gasteiger partial charge >= 0.3 is 0 Å². The Labute approximate surface area is 165 Å². The predicted molar refractivity (Wildman–Crippen MR) is 106 cm³/mol. The third kappa shape index (κ3) is 2.78. The van der Waals surface area contributed by atoms with Crippen molar-refractivity contribution in [3.63, 3.8) is 0 Å². The van der Waals surface area contributed by atoms with Gasteiger partial charge in [-0.05, 0) is 75.3 Å². The molecule has 3 aliphatic carbocycles. The minimum Gasteiger partial charge on any atom is -0.353 e. The van der Waals surface area contributed by atoms with Crippen LogP contribution in [0.4, 0.5) is 4.39 Å². The Morgan fingerprint density at radius 3 is 2.79 bits per heavy atom. The fourth-order valence-corrected chi connectivity index (χ4v) is 6.44. The van der Waals surface area contributed by atoms with Crippen molar-refractivity contribution in [2.45, 2.75) is 58.4 Å². The highest BCUT2D eigenvalue weighted by Gasteiger charge is 2.54. The van der Waals surface area contributed by atoms with Gasteiger partial charge in [-0.25, -0.2) is 9.07 Å². The van der Waals surface area contributed by atoms with Crippen molar-refractivity contribution in [3.8, 4) is 5.69 Å². The van der Waals surface area contributed by atoms with Gasteiger partial charge in [-0.15, -0.1) is 0 Å². The number of carbonyl (C=O) groups is 1. The molecule has 5 rings (SSSR count). The first-order valence-corrected chi connectivity index (χ1v) is 10.6. The lowest BCUT2D eigenvalue weighted by molar-refractivity contribution is -0.121. The molecule has 3 fully saturated rings. The van der Waals surface area contributed by atoms with Crippen molar-refractivity contribution >= 4 is 5.91 Å². The van der Waals surface area contributed by atoms with E-state index in [9.17, 15) is 9.18 Å². The molecule has 3 saturated carbocycles. The minimum absolute atomic E-state index is 0.0754. The molecule has 3 aliphatic rings. The standard InChI is InChI=1S/C23H28FN3O/c1-13-18(14(2)27(26-13)22-9-4-3-8-20(22)24)12-23(28)25-21-11-15-10-19(21)17-7-5-6-16(15)17/h3-4,8-9,15-17,19,21H,5-7,10-12H2,1-2H3,(H,25,28)/t15-,16+,17-,19+,21+/m0/s1. The van der Waals surface area contributed by atoms with Crippen molar-refractivity contribution < 1.29 is 9.18 Å². The first kappa shape index (κ1) is 17.9. The molecule has 0 unspecified atom stereocenters. The Balaban J connectivity index is 1.30. The van der Waals surface area contributed by atoms with Gasteiger partial charge in [0.15, 0.2) is 0 Å². The molecule has 4 nitrogen and oxygen atoms in total. The van der Waals surface area contributed by atoms with E-state index < -0.39 is 0 Å². The summed E-state index contributed by atoms with van der Waals surface area (Å²) in [7, 11) is 0. The molecular formula is C23H28FN3O. The van der Waals surface area contributed by atoms with E-state index in [0.29, 0.717) is 24.1 Å². The van der Waals surface area contributed by atoms with Crippen molar-refractivity contribution in [1.82, 2.24) is 15.1 Å². The second-order valence-electron chi connectivity index (χ2n) is 9.02. The summed E-state index contributed by atoms with van der Waals surface area (Å²) in [5, 5.41) is 7.84. The van der Waals surface area contributed by atoms with E-state index in [4.69, 9.17) is 0 Å². The van der Waals surface area contributed by atoms with Crippen LogP contribution < -0.4 is 5.32 Å². The number of hydrogen-bond acceptors (Lipinski definition) is 2. The highest BCUT2D eigenvalue weighted by atomic mass is 19.1. The second kappa shape index (κ2) is 6.71. The molecule has 1 aromatic carbocycles. The van der Waals surface area contributed by atoms with Crippen LogP contribution in [0.25, 0.3) is 5.69 Å². The summed E-state index contributed by atoms with van der Waals surface area (Å²) in [5.41, 5.74) is 2.96. The number of nitrogens with zero attached hydrogens (tertiary/aromatic N) is 2. The maximum Gasteiger partial charge on any atom is 0.224 e. The molecule has 0 spiro atoms. The number of para-hydroxylation sites is 1. The summed E-state index contributed by atoms with van der Waals surface area (Å²) in [6.45, 7) is 3.81. The fourth-order valence-electron chi connectivity index (χ4n) is 6.44. The monoisotopic (exact) mass is 381 g/mol. The Kier molecular flexibility index (Phi) is 4.29. The normalized spacial score (nSPS) is 30.6. The van der Waals surface area contributed by atoms with E-state index in [1.807, 2.05) is 13.8 Å². The van der Waals surface area contributed by atoms with Crippen LogP contribution in [0.5, 0.6) is 0 Å². The van der Waals surface area contributed by atoms with Crippen molar-refractivity contribution in [1.29, 1.82) is 0 Å². The molecule has 2 aromatic rings. The lowest BCUT2D eigenvalue weighted by Gasteiger charge is -2.32. The number of aryl methyl sites for hydroxylation is 1. The zero-order valence-corrected chi connectivity index (χ0v) is 16.6. The third-order valence-electron chi connectivity index (χ3n) is 7.63. The SMILES string of the molecule is Cc1nn(-c2ccccc2F)c(C)c1CC(=O)N[C@@H]1C[C@@H]2C[C@@H]1[C@H]1CCC[C@H]21. The molecule has 0 aliphatic heterocycles. The largest absolute Gasteiger partial charge is 0.353 e. The first-order valence-electron chi connectivity index (χ1n) is 10.6. The van der Waals surface area contributed by atoms with Crippen molar-refractivity contribution in [3.05, 3.63) is 47.0 Å². The number of halogens is 1. The van der Waals surface area contributed by atoms with Gasteiger partial charge in [0.1, 0.15) is 11.5 Å². The average Bonchev–Trinajstić information content (AvgIpc) is 3.41. The lowest BCUT2D eigenvalue weighted by Crippen LogP contribution is -2.43. The second-order valence-corrected chi connectivity index (χ2v) is 9.02. The highest BCUT2D eigenvalue weighted by molar-refractivity contribution is 5.79. The van der Waals surface area contributed by atoms with E-state index in [1.54, 1.807) is 22.9 Å². The molecule has 5 atom stereocenters. The van der Waals surface area contributed by atoms with Crippen LogP contribution in [0.15, 0.2) is 24.3 Å². The first-order chi connectivity index (χ1) is 13.5. The molecule has 148 valence electrons. The number of nitrogens with one attached hydrogen (secondary N) is 1. The van der Waals surface area contributed by atoms with Gasteiger partial charge < -0.3 is 5.32 Å². The molecule has 1 heterocycles. The van der Waals surface area contributed by atoms with Crippen molar-refractivity contribution in [2.75, 3.05) is 0 Å². The van der Waals surface area contributed by atoms with Crippen LogP contribution in [0.3, 0.4) is 0 Å². The zero-order valence-electron chi connectivity index (χ0n) is 16.6. The van der Waals surface area contributed by atoms with Crippen LogP contribution in [0, 0.1) is 43.3 Å². The van der Waals surface area contributed by atoms with E-state index in [2.05, 4.69) is 10.4 Å². The van der Waals surface area contributed by atoms with Gasteiger partial charge in [0, 0.05) is 17.3 Å². The van der Waals surface area contributed by atoms with Crippen LogP contribution in [-0.4, -0.2) is 21.7 Å². The average molecular weight is 381 g/mol. The molecule has 0 saturated heterocycles. The molecule has 1 amide bonds. The minimum atomic E-state index is -0.308. The highest BCUT2D eigenvalue weighted by Crippen LogP contribution is 2.58. The number of amides is 1. The smallest absolute Gasteiger partial charge is 0.224 e. The van der Waals surface area contributed by atoms with E-state index >= 15 is 0 Å². The number of carbonyl (C=O) groups excluding carboxylic acids is 1. The number of rotatable bonds is 4. The van der Waals surface area contributed by atoms with Gasteiger partial charge in [-0.3, -0.25) is 4.79 Å². The molecule has 1 aromatic heterocycles. The summed E-state index contributed by atoms with van der Waals surface area (Å²) >= 11 is 0. The molecular weight excluding hydrogens is 353 g/mol. The maximum absolute atomic E-state index is 14.2. The zero-order chi connectivity index (χ0) is 19.4. The third-order valence-corrected chi connectivity index (χ3v) is 7.63. The Morgan fingerprint density at radius 2 is 1.96 bits per heavy atom. The van der Waals surface area contributed by atoms with Gasteiger partial charge in [0.2, 0.25) is 5.91 Å². The van der Waals surface area contributed by atoms with Crippen LogP contribution >= 0.6 is 0 Å². The molecule has 0 radical (unpaired) electrons. The van der Waals surface area contributed by atoms with Gasteiger partial charge in [-0.2, -0.15) is 5.10 Å². The van der Waals surface area contributed by atoms with E-state index in [1.165, 1.54) is 31.7 Å². The number of hydrogen-bond donors (Lipinski definition) is 1. The summed E-state index contributed by atoms with van der Waals surface area (Å²) in [4.78, 5) is 12.8. The molecule has 2 bridgehead atoms. The number of benzene rings is 1. The number of fused-ring (bicyclic) bond motifs is 5. The summed E-state index contributed by atoms with van der Waals surface area (Å²) in [6, 6.07) is 6.96. The Morgan fingerprint density at radius 1 is 1.18 bits per heavy atom. The number of aromatic nitrogens is 2. The van der Waals surface area contributed by atoms with Crippen LogP contribution in [0.1, 0.15) is 49.1 Å². The van der Waals surface area contributed by atoms with E-state index in [-0.39, 0.29) is 11.7 Å². The van der Waals surface area contributed by atoms with Gasteiger partial charge in [-0.1, -0.05) is 18.6 Å². The maximum atomic E-state index is 14.2. The predicted octanol–water partition coefficient (Wildman–Crippen LogP) is 4.11. The lowest BCUT2D eigenvalue weighted by atomic mass is 9.79.